The second kappa shape index (κ2) is 6.86. The first-order valence-electron chi connectivity index (χ1n) is 6.83. The highest BCUT2D eigenvalue weighted by Crippen LogP contribution is 2.17. The fourth-order valence-electron chi connectivity index (χ4n) is 2.42. The van der Waals surface area contributed by atoms with Crippen molar-refractivity contribution in [1.29, 1.82) is 0 Å². The standard InChI is InChI=1S/C13H21N3O2S/c1-10-5-2-3-7-16(10)8-4-6-14-13-15-11(9-19-13)12(17)18/h9-10H,2-8H2,1H3,(H,14,15)(H,17,18). The molecule has 19 heavy (non-hydrogen) atoms. The Balaban J connectivity index is 1.67. The van der Waals surface area contributed by atoms with Gasteiger partial charge < -0.3 is 15.3 Å². The predicted molar refractivity (Wildman–Crippen MR) is 77.1 cm³/mol. The minimum atomic E-state index is -0.966. The van der Waals surface area contributed by atoms with Gasteiger partial charge in [-0.25, -0.2) is 9.78 Å². The Morgan fingerprint density at radius 3 is 3.16 bits per heavy atom. The lowest BCUT2D eigenvalue weighted by Gasteiger charge is -2.33. The molecular weight excluding hydrogens is 262 g/mol. The van der Waals surface area contributed by atoms with E-state index in [1.165, 1.54) is 37.1 Å². The highest BCUT2D eigenvalue weighted by molar-refractivity contribution is 7.13. The van der Waals surface area contributed by atoms with E-state index >= 15 is 0 Å². The molecule has 1 unspecified atom stereocenters. The Hall–Kier alpha value is -1.14. The molecule has 0 spiro atoms. The summed E-state index contributed by atoms with van der Waals surface area (Å²) in [6.07, 6.45) is 5.04. The van der Waals surface area contributed by atoms with Crippen LogP contribution >= 0.6 is 11.3 Å². The van der Waals surface area contributed by atoms with Crippen LogP contribution in [-0.2, 0) is 0 Å². The zero-order valence-corrected chi connectivity index (χ0v) is 12.1. The number of likely N-dealkylation sites (tertiary alicyclic amines) is 1. The number of nitrogens with one attached hydrogen (secondary N) is 1. The van der Waals surface area contributed by atoms with Gasteiger partial charge in [-0.15, -0.1) is 11.3 Å². The van der Waals surface area contributed by atoms with Crippen molar-refractivity contribution >= 4 is 22.4 Å². The van der Waals surface area contributed by atoms with Crippen molar-refractivity contribution < 1.29 is 9.90 Å². The summed E-state index contributed by atoms with van der Waals surface area (Å²) in [5.41, 5.74) is 0.122. The fourth-order valence-corrected chi connectivity index (χ4v) is 3.13. The third-order valence-electron chi connectivity index (χ3n) is 3.56. The third kappa shape index (κ3) is 4.18. The van der Waals surface area contributed by atoms with Gasteiger partial charge in [0.05, 0.1) is 0 Å². The largest absolute Gasteiger partial charge is 0.476 e. The maximum Gasteiger partial charge on any atom is 0.355 e. The fraction of sp³-hybridized carbons (Fsp3) is 0.692. The molecule has 1 saturated heterocycles. The minimum absolute atomic E-state index is 0.122. The van der Waals surface area contributed by atoms with Crippen LogP contribution in [-0.4, -0.2) is 46.6 Å². The van der Waals surface area contributed by atoms with Gasteiger partial charge in [-0.1, -0.05) is 6.42 Å². The molecule has 1 aromatic heterocycles. The zero-order chi connectivity index (χ0) is 13.7. The van der Waals surface area contributed by atoms with E-state index in [-0.39, 0.29) is 5.69 Å². The van der Waals surface area contributed by atoms with Crippen LogP contribution < -0.4 is 5.32 Å². The van der Waals surface area contributed by atoms with E-state index in [9.17, 15) is 4.79 Å². The molecule has 1 aliphatic heterocycles. The number of carbonyl (C=O) groups is 1. The SMILES string of the molecule is CC1CCCCN1CCCNc1nc(C(=O)O)cs1. The molecule has 106 valence electrons. The van der Waals surface area contributed by atoms with Gasteiger partial charge in [-0.3, -0.25) is 0 Å². The van der Waals surface area contributed by atoms with Gasteiger partial charge in [0.15, 0.2) is 10.8 Å². The molecular formula is C13H21N3O2S. The number of piperidine rings is 1. The Morgan fingerprint density at radius 2 is 2.47 bits per heavy atom. The van der Waals surface area contributed by atoms with E-state index in [4.69, 9.17) is 5.11 Å². The second-order valence-corrected chi connectivity index (χ2v) is 5.86. The van der Waals surface area contributed by atoms with E-state index in [2.05, 4.69) is 22.1 Å². The van der Waals surface area contributed by atoms with Crippen LogP contribution in [0.5, 0.6) is 0 Å². The molecule has 0 aromatic carbocycles. The van der Waals surface area contributed by atoms with Gasteiger partial charge in [0, 0.05) is 24.5 Å². The van der Waals surface area contributed by atoms with Crippen molar-refractivity contribution in [1.82, 2.24) is 9.88 Å². The summed E-state index contributed by atoms with van der Waals surface area (Å²) in [5.74, 6) is -0.966. The first kappa shape index (κ1) is 14.3. The summed E-state index contributed by atoms with van der Waals surface area (Å²) in [5, 5.41) is 14.2. The lowest BCUT2D eigenvalue weighted by atomic mass is 10.0. The molecule has 1 aromatic rings. The Labute approximate surface area is 117 Å². The molecule has 0 aliphatic carbocycles. The average molecular weight is 283 g/mol. The predicted octanol–water partition coefficient (Wildman–Crippen LogP) is 2.52. The Kier molecular flexibility index (Phi) is 5.15. The van der Waals surface area contributed by atoms with Crippen molar-refractivity contribution in [2.24, 2.45) is 0 Å². The van der Waals surface area contributed by atoms with Gasteiger partial charge >= 0.3 is 5.97 Å². The Morgan fingerprint density at radius 1 is 1.63 bits per heavy atom. The van der Waals surface area contributed by atoms with E-state index in [1.807, 2.05) is 0 Å². The first-order valence-corrected chi connectivity index (χ1v) is 7.71. The van der Waals surface area contributed by atoms with Gasteiger partial charge in [0.25, 0.3) is 0 Å². The van der Waals surface area contributed by atoms with Crippen molar-refractivity contribution in [2.75, 3.05) is 25.0 Å². The smallest absolute Gasteiger partial charge is 0.355 e. The van der Waals surface area contributed by atoms with E-state index in [0.717, 1.165) is 19.5 Å². The summed E-state index contributed by atoms with van der Waals surface area (Å²) < 4.78 is 0. The number of nitrogens with zero attached hydrogens (tertiary/aromatic N) is 2. The molecule has 0 radical (unpaired) electrons. The lowest BCUT2D eigenvalue weighted by molar-refractivity contribution is 0.0691. The van der Waals surface area contributed by atoms with E-state index in [0.29, 0.717) is 11.2 Å². The molecule has 1 aliphatic rings. The van der Waals surface area contributed by atoms with Crippen LogP contribution in [0.15, 0.2) is 5.38 Å². The molecule has 1 atom stereocenters. The number of hydrogen-bond donors (Lipinski definition) is 2. The second-order valence-electron chi connectivity index (χ2n) is 5.00. The highest BCUT2D eigenvalue weighted by atomic mass is 32.1. The number of hydrogen-bond acceptors (Lipinski definition) is 5. The maximum atomic E-state index is 10.7. The van der Waals surface area contributed by atoms with Gasteiger partial charge in [-0.05, 0) is 32.7 Å². The van der Waals surface area contributed by atoms with E-state index in [1.54, 1.807) is 5.38 Å². The van der Waals surface area contributed by atoms with Crippen molar-refractivity contribution in [3.63, 3.8) is 0 Å². The van der Waals surface area contributed by atoms with Crippen LogP contribution in [0, 0.1) is 0 Å². The number of aromatic nitrogens is 1. The monoisotopic (exact) mass is 283 g/mol. The van der Waals surface area contributed by atoms with Crippen molar-refractivity contribution in [3.8, 4) is 0 Å². The first-order chi connectivity index (χ1) is 9.16. The number of rotatable bonds is 6. The summed E-state index contributed by atoms with van der Waals surface area (Å²) in [4.78, 5) is 17.2. The number of anilines is 1. The third-order valence-corrected chi connectivity index (χ3v) is 4.36. The quantitative estimate of drug-likeness (QED) is 0.785. The number of carboxylic acids is 1. The summed E-state index contributed by atoms with van der Waals surface area (Å²) >= 11 is 1.35. The van der Waals surface area contributed by atoms with Crippen molar-refractivity contribution in [3.05, 3.63) is 11.1 Å². The van der Waals surface area contributed by atoms with Crippen LogP contribution in [0.3, 0.4) is 0 Å². The van der Waals surface area contributed by atoms with Crippen molar-refractivity contribution in [2.45, 2.75) is 38.6 Å². The van der Waals surface area contributed by atoms with Crippen LogP contribution in [0.4, 0.5) is 5.13 Å². The molecule has 1 fully saturated rings. The van der Waals surface area contributed by atoms with Crippen LogP contribution in [0.25, 0.3) is 0 Å². The minimum Gasteiger partial charge on any atom is -0.476 e. The highest BCUT2D eigenvalue weighted by Gasteiger charge is 2.17. The summed E-state index contributed by atoms with van der Waals surface area (Å²) in [6.45, 7) is 5.45. The summed E-state index contributed by atoms with van der Waals surface area (Å²) in [6, 6.07) is 0.701. The summed E-state index contributed by atoms with van der Waals surface area (Å²) in [7, 11) is 0. The normalized spacial score (nSPS) is 20.4. The molecule has 5 nitrogen and oxygen atoms in total. The Bertz CT molecular complexity index is 422. The van der Waals surface area contributed by atoms with Crippen LogP contribution in [0.1, 0.15) is 43.1 Å². The number of aromatic carboxylic acids is 1. The molecule has 0 bridgehead atoms. The maximum absolute atomic E-state index is 10.7. The zero-order valence-electron chi connectivity index (χ0n) is 11.3. The molecule has 2 heterocycles. The molecule has 2 rings (SSSR count). The van der Waals surface area contributed by atoms with Gasteiger partial charge in [0.2, 0.25) is 0 Å². The van der Waals surface area contributed by atoms with E-state index < -0.39 is 5.97 Å². The molecule has 0 saturated carbocycles. The molecule has 0 amide bonds. The topological polar surface area (TPSA) is 65.5 Å². The lowest BCUT2D eigenvalue weighted by Crippen LogP contribution is -2.38. The van der Waals surface area contributed by atoms with Gasteiger partial charge in [-0.2, -0.15) is 0 Å². The van der Waals surface area contributed by atoms with Gasteiger partial charge in [0.1, 0.15) is 0 Å². The molecule has 6 heteroatoms. The number of carboxylic acid groups (broad SMARTS) is 1. The number of thiazole rings is 1. The molecule has 2 N–H and O–H groups in total. The van der Waals surface area contributed by atoms with Crippen LogP contribution in [0.2, 0.25) is 0 Å². The average Bonchev–Trinajstić information content (AvgIpc) is 2.85.